The van der Waals surface area contributed by atoms with Gasteiger partial charge in [0.05, 0.1) is 6.20 Å². The highest BCUT2D eigenvalue weighted by molar-refractivity contribution is 7.92. The van der Waals surface area contributed by atoms with Crippen LogP contribution in [0.15, 0.2) is 40.9 Å². The van der Waals surface area contributed by atoms with Gasteiger partial charge in [-0.15, -0.1) is 0 Å². The minimum absolute atomic E-state index is 0.176. The molecule has 0 radical (unpaired) electrons. The predicted octanol–water partition coefficient (Wildman–Crippen LogP) is 5.41. The van der Waals surface area contributed by atoms with E-state index in [1.165, 1.54) is 48.6 Å². The lowest BCUT2D eigenvalue weighted by atomic mass is 9.69. The van der Waals surface area contributed by atoms with E-state index in [-0.39, 0.29) is 5.41 Å². The quantitative estimate of drug-likeness (QED) is 0.449. The zero-order valence-corrected chi connectivity index (χ0v) is 23.2. The number of likely N-dealkylation sites (N-methyl/N-ethyl adjacent to an activating group) is 1. The Morgan fingerprint density at radius 1 is 1.13 bits per heavy atom. The van der Waals surface area contributed by atoms with Crippen molar-refractivity contribution in [3.63, 3.8) is 0 Å². The van der Waals surface area contributed by atoms with Crippen LogP contribution in [-0.4, -0.2) is 50.2 Å². The standard InChI is InChI=1S/C28H34N8OS/c1-28-12-7-5-6-9-19-13-22(14-20(25(19)28)17-36(2)18-28)31-27-30-16-21(15-29)26(34-27)33-23-10-8-11-24(32-23)35-38(3,4)37/h8,10-11,13-14,16H,5-7,9,12,17-18H2,1-4H3,(H2,30,31,32,33,34). The molecule has 0 saturated heterocycles. The highest BCUT2D eigenvalue weighted by Crippen LogP contribution is 2.43. The second kappa shape index (κ2) is 10.3. The molecule has 1 aromatic carbocycles. The molecule has 10 heteroatoms. The maximum absolute atomic E-state index is 12.1. The summed E-state index contributed by atoms with van der Waals surface area (Å²) in [6.07, 6.45) is 10.6. The molecule has 3 heterocycles. The first-order chi connectivity index (χ1) is 18.1. The molecule has 1 unspecified atom stereocenters. The fraction of sp³-hybridized carbons (Fsp3) is 0.429. The van der Waals surface area contributed by atoms with Crippen molar-refractivity contribution >= 4 is 38.8 Å². The van der Waals surface area contributed by atoms with Crippen LogP contribution < -0.4 is 10.6 Å². The van der Waals surface area contributed by atoms with E-state index in [4.69, 9.17) is 0 Å². The molecule has 3 aromatic rings. The summed E-state index contributed by atoms with van der Waals surface area (Å²) in [6.45, 7) is 4.42. The molecular formula is C28H34N8OS. The first-order valence-corrected chi connectivity index (χ1v) is 15.3. The minimum Gasteiger partial charge on any atom is -0.324 e. The molecule has 2 aromatic heterocycles. The Kier molecular flexibility index (Phi) is 7.07. The summed E-state index contributed by atoms with van der Waals surface area (Å²) in [4.78, 5) is 15.8. The van der Waals surface area contributed by atoms with Crippen molar-refractivity contribution in [1.82, 2.24) is 19.9 Å². The van der Waals surface area contributed by atoms with Crippen molar-refractivity contribution in [1.29, 1.82) is 5.26 Å². The molecule has 0 bridgehead atoms. The van der Waals surface area contributed by atoms with Crippen LogP contribution in [0.4, 0.5) is 29.1 Å². The Morgan fingerprint density at radius 3 is 2.74 bits per heavy atom. The van der Waals surface area contributed by atoms with Crippen molar-refractivity contribution in [3.8, 4) is 6.07 Å². The largest absolute Gasteiger partial charge is 0.324 e. The maximum atomic E-state index is 12.1. The molecule has 0 spiro atoms. The van der Waals surface area contributed by atoms with Gasteiger partial charge in [0.1, 0.15) is 17.5 Å². The van der Waals surface area contributed by atoms with E-state index in [0.717, 1.165) is 25.2 Å². The van der Waals surface area contributed by atoms with Gasteiger partial charge < -0.3 is 15.5 Å². The van der Waals surface area contributed by atoms with Gasteiger partial charge in [0.2, 0.25) is 5.95 Å². The third kappa shape index (κ3) is 5.79. The summed E-state index contributed by atoms with van der Waals surface area (Å²) in [5.41, 5.74) is 5.73. The monoisotopic (exact) mass is 530 g/mol. The highest BCUT2D eigenvalue weighted by atomic mass is 32.2. The van der Waals surface area contributed by atoms with Crippen LogP contribution in [0.1, 0.15) is 54.9 Å². The summed E-state index contributed by atoms with van der Waals surface area (Å²) >= 11 is 0. The average Bonchev–Trinajstić information content (AvgIpc) is 2.81. The number of hydrogen-bond acceptors (Lipinski definition) is 9. The van der Waals surface area contributed by atoms with Gasteiger partial charge in [-0.3, -0.25) is 0 Å². The molecule has 2 aliphatic rings. The van der Waals surface area contributed by atoms with Crippen molar-refractivity contribution in [3.05, 3.63) is 58.8 Å². The van der Waals surface area contributed by atoms with Crippen LogP contribution in [-0.2, 0) is 28.1 Å². The summed E-state index contributed by atoms with van der Waals surface area (Å²) in [5.74, 6) is 1.53. The van der Waals surface area contributed by atoms with E-state index >= 15 is 0 Å². The Hall–Kier alpha value is -3.55. The van der Waals surface area contributed by atoms with Crippen LogP contribution in [0.3, 0.4) is 0 Å². The van der Waals surface area contributed by atoms with Crippen LogP contribution in [0, 0.1) is 11.3 Å². The van der Waals surface area contributed by atoms with Crippen LogP contribution in [0.2, 0.25) is 0 Å². The smallest absolute Gasteiger partial charge is 0.229 e. The lowest BCUT2D eigenvalue weighted by Crippen LogP contribution is -2.43. The fourth-order valence-corrected chi connectivity index (χ4v) is 6.36. The second-order valence-corrected chi connectivity index (χ2v) is 13.5. The molecule has 9 nitrogen and oxygen atoms in total. The zero-order chi connectivity index (χ0) is 26.9. The number of rotatable bonds is 5. The molecule has 1 aliphatic carbocycles. The van der Waals surface area contributed by atoms with Crippen LogP contribution in [0.5, 0.6) is 0 Å². The Morgan fingerprint density at radius 2 is 1.95 bits per heavy atom. The van der Waals surface area contributed by atoms with Gasteiger partial charge in [-0.2, -0.15) is 14.6 Å². The van der Waals surface area contributed by atoms with Gasteiger partial charge >= 0.3 is 0 Å². The summed E-state index contributed by atoms with van der Waals surface area (Å²) < 4.78 is 16.2. The van der Waals surface area contributed by atoms with E-state index in [1.54, 1.807) is 30.7 Å². The number of nitrogens with zero attached hydrogens (tertiary/aromatic N) is 6. The molecule has 1 atom stereocenters. The number of hydrogen-bond donors (Lipinski definition) is 2. The summed E-state index contributed by atoms with van der Waals surface area (Å²) in [7, 11) is -0.152. The zero-order valence-electron chi connectivity index (χ0n) is 22.4. The molecule has 0 saturated carbocycles. The average molecular weight is 531 g/mol. The summed E-state index contributed by atoms with van der Waals surface area (Å²) in [5, 5.41) is 16.1. The number of nitrogens with one attached hydrogen (secondary N) is 2. The third-order valence-corrected chi connectivity index (χ3v) is 7.73. The number of nitriles is 1. The van der Waals surface area contributed by atoms with Crippen LogP contribution in [0.25, 0.3) is 0 Å². The van der Waals surface area contributed by atoms with Crippen molar-refractivity contribution in [2.75, 3.05) is 36.7 Å². The van der Waals surface area contributed by atoms with Gasteiger partial charge in [0.25, 0.3) is 0 Å². The number of benzene rings is 1. The first-order valence-electron chi connectivity index (χ1n) is 12.9. The number of aromatic nitrogens is 3. The highest BCUT2D eigenvalue weighted by Gasteiger charge is 2.37. The van der Waals surface area contributed by atoms with Gasteiger partial charge in [-0.25, -0.2) is 14.2 Å². The van der Waals surface area contributed by atoms with E-state index in [9.17, 15) is 9.47 Å². The second-order valence-electron chi connectivity index (χ2n) is 10.9. The molecule has 1 aliphatic heterocycles. The molecular weight excluding hydrogens is 496 g/mol. The van der Waals surface area contributed by atoms with Gasteiger partial charge in [-0.05, 0) is 67.3 Å². The number of anilines is 4. The van der Waals surface area contributed by atoms with Crippen molar-refractivity contribution in [2.45, 2.75) is 51.0 Å². The molecule has 0 fully saturated rings. The van der Waals surface area contributed by atoms with Gasteiger partial charge in [0.15, 0.2) is 11.6 Å². The Balaban J connectivity index is 1.46. The number of aryl methyl sites for hydroxylation is 1. The lowest BCUT2D eigenvalue weighted by molar-refractivity contribution is 0.207. The molecule has 2 N–H and O–H groups in total. The normalized spacial score (nSPS) is 19.4. The molecule has 5 rings (SSSR count). The molecule has 38 heavy (non-hydrogen) atoms. The van der Waals surface area contributed by atoms with E-state index in [0.29, 0.717) is 29.0 Å². The van der Waals surface area contributed by atoms with E-state index in [2.05, 4.69) is 67.0 Å². The maximum Gasteiger partial charge on any atom is 0.229 e. The molecule has 0 amide bonds. The number of pyridine rings is 1. The predicted molar refractivity (Wildman–Crippen MR) is 152 cm³/mol. The van der Waals surface area contributed by atoms with Crippen molar-refractivity contribution in [2.24, 2.45) is 4.36 Å². The van der Waals surface area contributed by atoms with Gasteiger partial charge in [0, 0.05) is 46.4 Å². The van der Waals surface area contributed by atoms with E-state index in [1.807, 2.05) is 0 Å². The van der Waals surface area contributed by atoms with Crippen molar-refractivity contribution < 1.29 is 4.21 Å². The third-order valence-electron chi connectivity index (χ3n) is 7.10. The minimum atomic E-state index is -2.35. The lowest BCUT2D eigenvalue weighted by Gasteiger charge is -2.43. The Bertz CT molecular complexity index is 1510. The Labute approximate surface area is 224 Å². The topological polar surface area (TPSA) is 119 Å². The molecule has 198 valence electrons. The van der Waals surface area contributed by atoms with Crippen LogP contribution >= 0.6 is 0 Å². The first kappa shape index (κ1) is 26.1. The fourth-order valence-electron chi connectivity index (χ4n) is 5.81. The SMILES string of the molecule is CN1Cc2cc(Nc3ncc(C#N)c(Nc4cccc(N=S(C)(C)=O)n4)n3)cc3c2C(C)(CCCCC3)C1. The van der Waals surface area contributed by atoms with E-state index < -0.39 is 9.73 Å². The van der Waals surface area contributed by atoms with Gasteiger partial charge in [-0.1, -0.05) is 25.8 Å². The summed E-state index contributed by atoms with van der Waals surface area (Å²) in [6, 6.07) is 11.8.